The quantitative estimate of drug-likeness (QED) is 0.803. The molecule has 0 aromatic heterocycles. The molecule has 1 unspecified atom stereocenters. The van der Waals surface area contributed by atoms with Crippen molar-refractivity contribution in [2.45, 2.75) is 11.8 Å². The van der Waals surface area contributed by atoms with Crippen LogP contribution in [0.15, 0.2) is 54.6 Å². The van der Waals surface area contributed by atoms with E-state index in [2.05, 4.69) is 0 Å². The number of cyclic esters (lactones) is 1. The fraction of sp³-hybridized carbons (Fsp3) is 0.235. The van der Waals surface area contributed by atoms with Gasteiger partial charge in [-0.15, -0.1) is 0 Å². The van der Waals surface area contributed by atoms with Crippen LogP contribution in [0.25, 0.3) is 0 Å². The van der Waals surface area contributed by atoms with E-state index < -0.39 is 5.41 Å². The maximum Gasteiger partial charge on any atom is 0.321 e. The molecule has 0 aliphatic carbocycles. The Morgan fingerprint density at radius 1 is 1.00 bits per heavy atom. The van der Waals surface area contributed by atoms with Crippen molar-refractivity contribution in [2.24, 2.45) is 0 Å². The number of carbonyl (C=O) groups is 1. The fourth-order valence-electron chi connectivity index (χ4n) is 2.81. The summed E-state index contributed by atoms with van der Waals surface area (Å²) in [5, 5.41) is 0. The first kappa shape index (κ1) is 12.7. The predicted octanol–water partition coefficient (Wildman–Crippen LogP) is 2.93. The number of esters is 1. The Kier molecular flexibility index (Phi) is 3.18. The van der Waals surface area contributed by atoms with Gasteiger partial charge in [0.1, 0.15) is 11.2 Å². The van der Waals surface area contributed by atoms with Gasteiger partial charge in [-0.05, 0) is 23.3 Å². The lowest BCUT2D eigenvalue weighted by Gasteiger charge is -2.26. The summed E-state index contributed by atoms with van der Waals surface area (Å²) in [7, 11) is 1.63. The first-order valence-electron chi connectivity index (χ1n) is 6.64. The summed E-state index contributed by atoms with van der Waals surface area (Å²) in [5.74, 6) is 0.609. The van der Waals surface area contributed by atoms with Crippen molar-refractivity contribution >= 4 is 5.97 Å². The number of methoxy groups -OCH3 is 1. The van der Waals surface area contributed by atoms with Crippen LogP contribution in [-0.4, -0.2) is 19.7 Å². The lowest BCUT2D eigenvalue weighted by Crippen LogP contribution is -2.32. The van der Waals surface area contributed by atoms with E-state index >= 15 is 0 Å². The Balaban J connectivity index is 2.13. The molecule has 3 nitrogen and oxygen atoms in total. The number of rotatable bonds is 3. The van der Waals surface area contributed by atoms with Crippen LogP contribution >= 0.6 is 0 Å². The largest absolute Gasteiger partial charge is 0.497 e. The van der Waals surface area contributed by atoms with Gasteiger partial charge in [0.25, 0.3) is 0 Å². The Morgan fingerprint density at radius 2 is 1.65 bits per heavy atom. The highest BCUT2D eigenvalue weighted by Gasteiger charge is 2.47. The van der Waals surface area contributed by atoms with Crippen LogP contribution in [0.4, 0.5) is 0 Å². The van der Waals surface area contributed by atoms with E-state index in [9.17, 15) is 4.79 Å². The molecule has 0 amide bonds. The smallest absolute Gasteiger partial charge is 0.321 e. The Hall–Kier alpha value is -2.29. The number of carbonyl (C=O) groups excluding carboxylic acids is 1. The lowest BCUT2D eigenvalue weighted by molar-refractivity contribution is -0.141. The fourth-order valence-corrected chi connectivity index (χ4v) is 2.81. The van der Waals surface area contributed by atoms with Crippen molar-refractivity contribution in [3.8, 4) is 5.75 Å². The summed E-state index contributed by atoms with van der Waals surface area (Å²) in [6, 6.07) is 17.5. The Bertz CT molecular complexity index is 604. The van der Waals surface area contributed by atoms with Crippen LogP contribution in [-0.2, 0) is 14.9 Å². The van der Waals surface area contributed by atoms with Crippen molar-refractivity contribution in [1.29, 1.82) is 0 Å². The van der Waals surface area contributed by atoms with Gasteiger partial charge >= 0.3 is 5.97 Å². The first-order chi connectivity index (χ1) is 9.77. The van der Waals surface area contributed by atoms with Crippen LogP contribution < -0.4 is 4.74 Å². The molecule has 3 rings (SSSR count). The molecule has 0 N–H and O–H groups in total. The Morgan fingerprint density at radius 3 is 2.20 bits per heavy atom. The SMILES string of the molecule is COc1ccc(C2(c3ccccc3)CCOC2=O)cc1. The van der Waals surface area contributed by atoms with Crippen molar-refractivity contribution in [3.63, 3.8) is 0 Å². The molecule has 1 saturated heterocycles. The number of benzene rings is 2. The van der Waals surface area contributed by atoms with E-state index in [0.717, 1.165) is 16.9 Å². The standard InChI is InChI=1S/C17H16O3/c1-19-15-9-7-14(8-10-15)17(11-12-20-16(17)18)13-5-3-2-4-6-13/h2-10H,11-12H2,1H3. The van der Waals surface area contributed by atoms with E-state index in [-0.39, 0.29) is 5.97 Å². The molecule has 0 spiro atoms. The molecular weight excluding hydrogens is 252 g/mol. The van der Waals surface area contributed by atoms with Crippen LogP contribution in [0.2, 0.25) is 0 Å². The third kappa shape index (κ3) is 1.86. The summed E-state index contributed by atoms with van der Waals surface area (Å²) in [6.07, 6.45) is 0.669. The van der Waals surface area contributed by atoms with Gasteiger partial charge in [-0.3, -0.25) is 4.79 Å². The molecule has 2 aromatic rings. The van der Waals surface area contributed by atoms with E-state index in [1.54, 1.807) is 7.11 Å². The first-order valence-corrected chi connectivity index (χ1v) is 6.64. The maximum atomic E-state index is 12.4. The van der Waals surface area contributed by atoms with Crippen LogP contribution in [0.5, 0.6) is 5.75 Å². The lowest BCUT2D eigenvalue weighted by atomic mass is 9.73. The molecule has 102 valence electrons. The molecule has 1 aliphatic rings. The summed E-state index contributed by atoms with van der Waals surface area (Å²) in [5.41, 5.74) is 1.24. The van der Waals surface area contributed by atoms with Gasteiger partial charge in [-0.2, -0.15) is 0 Å². The topological polar surface area (TPSA) is 35.5 Å². The van der Waals surface area contributed by atoms with Crippen LogP contribution in [0.1, 0.15) is 17.5 Å². The normalized spacial score (nSPS) is 21.6. The highest BCUT2D eigenvalue weighted by Crippen LogP contribution is 2.41. The van der Waals surface area contributed by atoms with Crippen LogP contribution in [0, 0.1) is 0 Å². The zero-order valence-electron chi connectivity index (χ0n) is 11.3. The number of ether oxygens (including phenoxy) is 2. The minimum Gasteiger partial charge on any atom is -0.497 e. The number of hydrogen-bond acceptors (Lipinski definition) is 3. The van der Waals surface area contributed by atoms with E-state index in [1.165, 1.54) is 0 Å². The molecule has 1 aliphatic heterocycles. The molecule has 20 heavy (non-hydrogen) atoms. The second-order valence-corrected chi connectivity index (χ2v) is 4.89. The molecule has 0 bridgehead atoms. The predicted molar refractivity (Wildman–Crippen MR) is 75.8 cm³/mol. The molecule has 3 heteroatoms. The monoisotopic (exact) mass is 268 g/mol. The van der Waals surface area contributed by atoms with Gasteiger partial charge in [0.05, 0.1) is 13.7 Å². The van der Waals surface area contributed by atoms with Crippen molar-refractivity contribution in [3.05, 3.63) is 65.7 Å². The van der Waals surface area contributed by atoms with Gasteiger partial charge in [0.2, 0.25) is 0 Å². The zero-order chi connectivity index (χ0) is 14.0. The zero-order valence-corrected chi connectivity index (χ0v) is 11.3. The van der Waals surface area contributed by atoms with Crippen molar-refractivity contribution in [2.75, 3.05) is 13.7 Å². The molecule has 1 heterocycles. The minimum atomic E-state index is -0.687. The molecule has 2 aromatic carbocycles. The van der Waals surface area contributed by atoms with Crippen molar-refractivity contribution in [1.82, 2.24) is 0 Å². The second kappa shape index (κ2) is 5.00. The maximum absolute atomic E-state index is 12.4. The van der Waals surface area contributed by atoms with Gasteiger partial charge in [-0.1, -0.05) is 42.5 Å². The van der Waals surface area contributed by atoms with Gasteiger partial charge in [-0.25, -0.2) is 0 Å². The third-order valence-electron chi connectivity index (χ3n) is 3.91. The summed E-state index contributed by atoms with van der Waals surface area (Å²) in [4.78, 5) is 12.4. The van der Waals surface area contributed by atoms with E-state index in [4.69, 9.17) is 9.47 Å². The molecule has 1 fully saturated rings. The molecular formula is C17H16O3. The molecule has 0 radical (unpaired) electrons. The van der Waals surface area contributed by atoms with Gasteiger partial charge in [0.15, 0.2) is 0 Å². The highest BCUT2D eigenvalue weighted by molar-refractivity contribution is 5.89. The Labute approximate surface area is 118 Å². The van der Waals surface area contributed by atoms with Gasteiger partial charge in [0, 0.05) is 6.42 Å². The average Bonchev–Trinajstić information content (AvgIpc) is 2.91. The summed E-state index contributed by atoms with van der Waals surface area (Å²) in [6.45, 7) is 0.458. The summed E-state index contributed by atoms with van der Waals surface area (Å²) < 4.78 is 10.4. The minimum absolute atomic E-state index is 0.172. The van der Waals surface area contributed by atoms with E-state index in [0.29, 0.717) is 13.0 Å². The van der Waals surface area contributed by atoms with Gasteiger partial charge < -0.3 is 9.47 Å². The van der Waals surface area contributed by atoms with E-state index in [1.807, 2.05) is 54.6 Å². The second-order valence-electron chi connectivity index (χ2n) is 4.89. The summed E-state index contributed by atoms with van der Waals surface area (Å²) >= 11 is 0. The molecule has 0 saturated carbocycles. The van der Waals surface area contributed by atoms with Crippen molar-refractivity contribution < 1.29 is 14.3 Å². The average molecular weight is 268 g/mol. The third-order valence-corrected chi connectivity index (χ3v) is 3.91. The highest BCUT2D eigenvalue weighted by atomic mass is 16.5. The molecule has 1 atom stereocenters. The number of hydrogen-bond donors (Lipinski definition) is 0. The van der Waals surface area contributed by atoms with Crippen LogP contribution in [0.3, 0.4) is 0 Å².